The van der Waals surface area contributed by atoms with E-state index in [0.29, 0.717) is 0 Å². The Morgan fingerprint density at radius 1 is 1.27 bits per heavy atom. The van der Waals surface area contributed by atoms with E-state index in [-0.39, 0.29) is 0 Å². The smallest absolute Gasteiger partial charge is 0.0382 e. The second kappa shape index (κ2) is 9.41. The molecule has 0 rings (SSSR count). The van der Waals surface area contributed by atoms with Crippen LogP contribution in [0.2, 0.25) is 0 Å². The molecule has 11 heavy (non-hydrogen) atoms. The predicted molar refractivity (Wildman–Crippen MR) is 52.3 cm³/mol. The molecule has 1 nitrogen and oxygen atoms in total. The first-order valence-corrected chi connectivity index (χ1v) is 4.51. The molecular formula is C10H19N. The van der Waals surface area contributed by atoms with Gasteiger partial charge in [-0.25, -0.2) is 0 Å². The number of hydrogen-bond donors (Lipinski definition) is 0. The maximum Gasteiger partial charge on any atom is 0.0382 e. The van der Waals surface area contributed by atoms with Gasteiger partial charge in [-0.15, -0.1) is 0 Å². The number of aliphatic imine (C=N–C) groups is 1. The Bertz CT molecular complexity index is 114. The lowest BCUT2D eigenvalue weighted by Crippen LogP contribution is -1.79. The highest BCUT2D eigenvalue weighted by atomic mass is 14.7. The molecule has 64 valence electrons. The molecular weight excluding hydrogens is 134 g/mol. The normalized spacial score (nSPS) is 11.8. The third kappa shape index (κ3) is 9.41. The summed E-state index contributed by atoms with van der Waals surface area (Å²) in [4.78, 5) is 4.24. The van der Waals surface area contributed by atoms with Gasteiger partial charge < -0.3 is 0 Å². The van der Waals surface area contributed by atoms with Crippen LogP contribution in [0.25, 0.3) is 0 Å². The van der Waals surface area contributed by atoms with Crippen molar-refractivity contribution < 1.29 is 0 Å². The van der Waals surface area contributed by atoms with Crippen molar-refractivity contribution in [3.05, 3.63) is 12.2 Å². The van der Waals surface area contributed by atoms with Crippen molar-refractivity contribution in [3.8, 4) is 0 Å². The van der Waals surface area contributed by atoms with Gasteiger partial charge in [0.1, 0.15) is 0 Å². The van der Waals surface area contributed by atoms with Crippen molar-refractivity contribution in [2.75, 3.05) is 6.54 Å². The molecule has 0 aliphatic heterocycles. The molecule has 0 saturated carbocycles. The molecule has 0 amide bonds. The Labute approximate surface area is 70.2 Å². The molecule has 0 aliphatic carbocycles. The van der Waals surface area contributed by atoms with Gasteiger partial charge in [-0.3, -0.25) is 4.99 Å². The van der Waals surface area contributed by atoms with Gasteiger partial charge in [0.05, 0.1) is 0 Å². The van der Waals surface area contributed by atoms with Crippen LogP contribution in [0.15, 0.2) is 17.1 Å². The van der Waals surface area contributed by atoms with Crippen LogP contribution in [-0.2, 0) is 0 Å². The third-order valence-corrected chi connectivity index (χ3v) is 1.42. The van der Waals surface area contributed by atoms with Crippen LogP contribution in [0.4, 0.5) is 0 Å². The van der Waals surface area contributed by atoms with Crippen LogP contribution in [0.1, 0.15) is 39.5 Å². The molecule has 0 aromatic heterocycles. The summed E-state index contributed by atoms with van der Waals surface area (Å²) in [6.07, 6.45) is 11.1. The highest BCUT2D eigenvalue weighted by molar-refractivity contribution is 5.56. The van der Waals surface area contributed by atoms with Gasteiger partial charge in [-0.2, -0.15) is 0 Å². The molecule has 0 bridgehead atoms. The molecule has 1 heteroatoms. The summed E-state index contributed by atoms with van der Waals surface area (Å²) in [5.74, 6) is 0. The van der Waals surface area contributed by atoms with Crippen LogP contribution in [0.3, 0.4) is 0 Å². The number of nitrogens with zero attached hydrogens (tertiary/aromatic N) is 1. The fraction of sp³-hybridized carbons (Fsp3) is 0.700. The maximum absolute atomic E-state index is 4.24. The lowest BCUT2D eigenvalue weighted by Gasteiger charge is -1.89. The minimum Gasteiger partial charge on any atom is -0.298 e. The standard InChI is InChI=1S/C10H19N/c1-3-5-6-7-8-10-11-9-4-2/h3,5,10H,4,6-9H2,1-2H3/b5-3-,11-10?. The molecule has 0 aliphatic rings. The Kier molecular flexibility index (Phi) is 8.91. The summed E-state index contributed by atoms with van der Waals surface area (Å²) in [6.45, 7) is 5.20. The minimum atomic E-state index is 0.990. The van der Waals surface area contributed by atoms with Gasteiger partial charge in [0, 0.05) is 6.54 Å². The van der Waals surface area contributed by atoms with E-state index >= 15 is 0 Å². The van der Waals surface area contributed by atoms with E-state index in [4.69, 9.17) is 0 Å². The van der Waals surface area contributed by atoms with Gasteiger partial charge >= 0.3 is 0 Å². The van der Waals surface area contributed by atoms with Gasteiger partial charge in [0.2, 0.25) is 0 Å². The van der Waals surface area contributed by atoms with Crippen molar-refractivity contribution in [1.82, 2.24) is 0 Å². The van der Waals surface area contributed by atoms with E-state index in [1.165, 1.54) is 12.8 Å². The second-order valence-corrected chi connectivity index (χ2v) is 2.59. The van der Waals surface area contributed by atoms with E-state index in [9.17, 15) is 0 Å². The zero-order chi connectivity index (χ0) is 8.36. The van der Waals surface area contributed by atoms with Crippen LogP contribution < -0.4 is 0 Å². The zero-order valence-electron chi connectivity index (χ0n) is 7.71. The van der Waals surface area contributed by atoms with E-state index in [1.54, 1.807) is 0 Å². The van der Waals surface area contributed by atoms with Gasteiger partial charge in [-0.05, 0) is 38.8 Å². The molecule has 0 unspecified atom stereocenters. The molecule has 0 aromatic rings. The summed E-state index contributed by atoms with van der Waals surface area (Å²) >= 11 is 0. The highest BCUT2D eigenvalue weighted by Crippen LogP contribution is 1.94. The monoisotopic (exact) mass is 153 g/mol. The molecule has 0 atom stereocenters. The first-order valence-electron chi connectivity index (χ1n) is 4.51. The predicted octanol–water partition coefficient (Wildman–Crippen LogP) is 3.21. The second-order valence-electron chi connectivity index (χ2n) is 2.59. The number of unbranched alkanes of at least 4 members (excludes halogenated alkanes) is 2. The van der Waals surface area contributed by atoms with Crippen molar-refractivity contribution in [2.45, 2.75) is 39.5 Å². The maximum atomic E-state index is 4.24. The highest BCUT2D eigenvalue weighted by Gasteiger charge is 1.79. The van der Waals surface area contributed by atoms with Crippen molar-refractivity contribution >= 4 is 6.21 Å². The number of hydrogen-bond acceptors (Lipinski definition) is 1. The van der Waals surface area contributed by atoms with Crippen LogP contribution in [0.5, 0.6) is 0 Å². The minimum absolute atomic E-state index is 0.990. The topological polar surface area (TPSA) is 12.4 Å². The van der Waals surface area contributed by atoms with Gasteiger partial charge in [-0.1, -0.05) is 19.1 Å². The van der Waals surface area contributed by atoms with E-state index < -0.39 is 0 Å². The summed E-state index contributed by atoms with van der Waals surface area (Å²) in [6, 6.07) is 0. The Hall–Kier alpha value is -0.590. The largest absolute Gasteiger partial charge is 0.298 e. The van der Waals surface area contributed by atoms with E-state index in [0.717, 1.165) is 19.4 Å². The van der Waals surface area contributed by atoms with Gasteiger partial charge in [0.25, 0.3) is 0 Å². The molecule has 0 saturated heterocycles. The summed E-state index contributed by atoms with van der Waals surface area (Å²) < 4.78 is 0. The lowest BCUT2D eigenvalue weighted by molar-refractivity contribution is 0.884. The summed E-state index contributed by atoms with van der Waals surface area (Å²) in [5.41, 5.74) is 0. The van der Waals surface area contributed by atoms with E-state index in [1.807, 2.05) is 6.21 Å². The Morgan fingerprint density at radius 3 is 2.73 bits per heavy atom. The van der Waals surface area contributed by atoms with Crippen LogP contribution in [-0.4, -0.2) is 12.8 Å². The van der Waals surface area contributed by atoms with Crippen LogP contribution >= 0.6 is 0 Å². The molecule has 0 heterocycles. The first-order chi connectivity index (χ1) is 5.41. The Balaban J connectivity index is 3.00. The zero-order valence-corrected chi connectivity index (χ0v) is 7.71. The van der Waals surface area contributed by atoms with Crippen molar-refractivity contribution in [2.24, 2.45) is 4.99 Å². The Morgan fingerprint density at radius 2 is 2.09 bits per heavy atom. The van der Waals surface area contributed by atoms with E-state index in [2.05, 4.69) is 31.0 Å². The van der Waals surface area contributed by atoms with Crippen molar-refractivity contribution in [1.29, 1.82) is 0 Å². The fourth-order valence-corrected chi connectivity index (χ4v) is 0.805. The number of allylic oxidation sites excluding steroid dienone is 2. The fourth-order valence-electron chi connectivity index (χ4n) is 0.805. The average Bonchev–Trinajstić information content (AvgIpc) is 2.03. The van der Waals surface area contributed by atoms with Crippen LogP contribution in [0, 0.1) is 0 Å². The molecule has 0 aromatic carbocycles. The lowest BCUT2D eigenvalue weighted by atomic mass is 10.2. The quantitative estimate of drug-likeness (QED) is 0.315. The van der Waals surface area contributed by atoms with Gasteiger partial charge in [0.15, 0.2) is 0 Å². The third-order valence-electron chi connectivity index (χ3n) is 1.42. The summed E-state index contributed by atoms with van der Waals surface area (Å²) in [5, 5.41) is 0. The molecule has 0 spiro atoms. The molecule has 0 radical (unpaired) electrons. The molecule has 0 fully saturated rings. The average molecular weight is 153 g/mol. The van der Waals surface area contributed by atoms with Crippen molar-refractivity contribution in [3.63, 3.8) is 0 Å². The number of rotatable bonds is 6. The first kappa shape index (κ1) is 10.4. The SMILES string of the molecule is C/C=C\CCCC=NCCC. The summed E-state index contributed by atoms with van der Waals surface area (Å²) in [7, 11) is 0. The molecule has 0 N–H and O–H groups in total.